The van der Waals surface area contributed by atoms with Gasteiger partial charge in [0.25, 0.3) is 0 Å². The molecule has 1 saturated heterocycles. The van der Waals surface area contributed by atoms with Gasteiger partial charge >= 0.3 is 6.18 Å². The second kappa shape index (κ2) is 6.59. The minimum atomic E-state index is -4.48. The first-order valence-electron chi connectivity index (χ1n) is 7.76. The zero-order chi connectivity index (χ0) is 18.0. The summed E-state index contributed by atoms with van der Waals surface area (Å²) in [6, 6.07) is 10.2. The lowest BCUT2D eigenvalue weighted by molar-refractivity contribution is -0.141. The minimum absolute atomic E-state index is 0.0131. The number of benzene rings is 1. The molecule has 1 aliphatic heterocycles. The highest BCUT2D eigenvalue weighted by Crippen LogP contribution is 2.29. The number of anilines is 2. The first-order chi connectivity index (χ1) is 11.9. The molecule has 25 heavy (non-hydrogen) atoms. The Bertz CT molecular complexity index is 782. The third-order valence-electron chi connectivity index (χ3n) is 4.32. The number of halogens is 3. The van der Waals surface area contributed by atoms with Gasteiger partial charge in [0.15, 0.2) is 0 Å². The van der Waals surface area contributed by atoms with Crippen molar-refractivity contribution in [2.75, 3.05) is 29.9 Å². The van der Waals surface area contributed by atoms with Gasteiger partial charge in [-0.25, -0.2) is 9.97 Å². The van der Waals surface area contributed by atoms with Crippen LogP contribution in [0.3, 0.4) is 0 Å². The van der Waals surface area contributed by atoms with Gasteiger partial charge < -0.3 is 9.80 Å². The number of nitriles is 1. The van der Waals surface area contributed by atoms with Crippen LogP contribution in [0.5, 0.6) is 0 Å². The summed E-state index contributed by atoms with van der Waals surface area (Å²) in [7, 11) is 1.71. The summed E-state index contributed by atoms with van der Waals surface area (Å²) in [6.45, 7) is 1.43. The van der Waals surface area contributed by atoms with Gasteiger partial charge in [0.1, 0.15) is 5.69 Å². The summed E-state index contributed by atoms with van der Waals surface area (Å²) in [5, 5.41) is 8.85. The van der Waals surface area contributed by atoms with Crippen LogP contribution in [0.25, 0.3) is 0 Å². The summed E-state index contributed by atoms with van der Waals surface area (Å²) in [6.07, 6.45) is -2.56. The molecule has 0 radical (unpaired) electrons. The standard InChI is InChI=1S/C17H16F3N5/c1-24(16-22-8-6-15(23-16)17(18,19)20)14-7-9-25(11-14)13-4-2-12(10-21)3-5-13/h2-6,8,14H,7,9,11H2,1H3. The van der Waals surface area contributed by atoms with Crippen molar-refractivity contribution in [1.82, 2.24) is 9.97 Å². The van der Waals surface area contributed by atoms with Crippen molar-refractivity contribution in [2.24, 2.45) is 0 Å². The lowest BCUT2D eigenvalue weighted by Crippen LogP contribution is -2.36. The normalized spacial score (nSPS) is 17.4. The topological polar surface area (TPSA) is 56.1 Å². The molecule has 0 amide bonds. The Balaban J connectivity index is 1.72. The molecule has 2 aromatic rings. The molecule has 1 fully saturated rings. The van der Waals surface area contributed by atoms with E-state index in [2.05, 4.69) is 20.9 Å². The fourth-order valence-electron chi connectivity index (χ4n) is 2.88. The number of likely N-dealkylation sites (N-methyl/N-ethyl adjacent to an activating group) is 1. The van der Waals surface area contributed by atoms with Gasteiger partial charge in [-0.05, 0) is 36.8 Å². The van der Waals surface area contributed by atoms with Gasteiger partial charge in [0.05, 0.1) is 17.7 Å². The summed E-state index contributed by atoms with van der Waals surface area (Å²) < 4.78 is 38.4. The second-order valence-corrected chi connectivity index (χ2v) is 5.90. The van der Waals surface area contributed by atoms with E-state index in [0.717, 1.165) is 30.9 Å². The minimum Gasteiger partial charge on any atom is -0.369 e. The van der Waals surface area contributed by atoms with E-state index in [4.69, 9.17) is 5.26 Å². The van der Waals surface area contributed by atoms with E-state index in [9.17, 15) is 13.2 Å². The molecule has 1 aliphatic rings. The molecule has 2 heterocycles. The van der Waals surface area contributed by atoms with Crippen LogP contribution in [0.4, 0.5) is 24.8 Å². The maximum atomic E-state index is 12.8. The number of nitrogens with zero attached hydrogens (tertiary/aromatic N) is 5. The van der Waals surface area contributed by atoms with Crippen molar-refractivity contribution >= 4 is 11.6 Å². The Labute approximate surface area is 143 Å². The molecule has 0 bridgehead atoms. The van der Waals surface area contributed by atoms with Crippen LogP contribution in [-0.4, -0.2) is 36.1 Å². The maximum Gasteiger partial charge on any atom is 0.433 e. The van der Waals surface area contributed by atoms with Gasteiger partial charge in [0, 0.05) is 32.0 Å². The van der Waals surface area contributed by atoms with Gasteiger partial charge in [-0.2, -0.15) is 18.4 Å². The van der Waals surface area contributed by atoms with Crippen molar-refractivity contribution in [3.63, 3.8) is 0 Å². The predicted molar refractivity (Wildman–Crippen MR) is 87.2 cm³/mol. The van der Waals surface area contributed by atoms with Crippen LogP contribution in [0.2, 0.25) is 0 Å². The Kier molecular flexibility index (Phi) is 4.49. The molecule has 130 valence electrons. The Hall–Kier alpha value is -2.82. The van der Waals surface area contributed by atoms with E-state index in [-0.39, 0.29) is 12.0 Å². The molecule has 3 rings (SSSR count). The van der Waals surface area contributed by atoms with Crippen LogP contribution in [0.1, 0.15) is 17.7 Å². The van der Waals surface area contributed by atoms with Crippen LogP contribution < -0.4 is 9.80 Å². The number of alkyl halides is 3. The SMILES string of the molecule is CN(c1nccc(C(F)(F)F)n1)C1CCN(c2ccc(C#N)cc2)C1. The van der Waals surface area contributed by atoms with Gasteiger partial charge in [-0.1, -0.05) is 0 Å². The molecule has 0 spiro atoms. The fraction of sp³-hybridized carbons (Fsp3) is 0.353. The van der Waals surface area contributed by atoms with Gasteiger partial charge in [0.2, 0.25) is 5.95 Å². The predicted octanol–water partition coefficient (Wildman–Crippen LogP) is 3.08. The van der Waals surface area contributed by atoms with Crippen LogP contribution in [0.15, 0.2) is 36.5 Å². The quantitative estimate of drug-likeness (QED) is 0.854. The summed E-state index contributed by atoms with van der Waals surface area (Å²) in [5.41, 5.74) is 0.639. The zero-order valence-electron chi connectivity index (χ0n) is 13.5. The smallest absolute Gasteiger partial charge is 0.369 e. The lowest BCUT2D eigenvalue weighted by atomic mass is 10.2. The monoisotopic (exact) mass is 347 g/mol. The highest BCUT2D eigenvalue weighted by atomic mass is 19.4. The highest BCUT2D eigenvalue weighted by Gasteiger charge is 2.34. The fourth-order valence-corrected chi connectivity index (χ4v) is 2.88. The number of hydrogen-bond acceptors (Lipinski definition) is 5. The van der Waals surface area contributed by atoms with Crippen molar-refractivity contribution < 1.29 is 13.2 Å². The molecule has 1 aromatic heterocycles. The number of rotatable bonds is 3. The molecule has 1 atom stereocenters. The van der Waals surface area contributed by atoms with Crippen molar-refractivity contribution in [1.29, 1.82) is 5.26 Å². The molecule has 0 N–H and O–H groups in total. The molecule has 8 heteroatoms. The molecule has 1 unspecified atom stereocenters. The molecule has 1 aromatic carbocycles. The average Bonchev–Trinajstić information content (AvgIpc) is 3.10. The van der Waals surface area contributed by atoms with Crippen molar-refractivity contribution in [3.05, 3.63) is 47.8 Å². The van der Waals surface area contributed by atoms with E-state index in [0.29, 0.717) is 12.1 Å². The molecular formula is C17H16F3N5. The Morgan fingerprint density at radius 1 is 1.24 bits per heavy atom. The Morgan fingerprint density at radius 2 is 1.96 bits per heavy atom. The van der Waals surface area contributed by atoms with Crippen molar-refractivity contribution in [2.45, 2.75) is 18.6 Å². The lowest BCUT2D eigenvalue weighted by Gasteiger charge is -2.25. The zero-order valence-corrected chi connectivity index (χ0v) is 13.5. The van der Waals surface area contributed by atoms with Gasteiger partial charge in [-0.3, -0.25) is 0 Å². The number of aromatic nitrogens is 2. The summed E-state index contributed by atoms with van der Waals surface area (Å²) >= 11 is 0. The van der Waals surface area contributed by atoms with E-state index >= 15 is 0 Å². The second-order valence-electron chi connectivity index (χ2n) is 5.90. The summed E-state index contributed by atoms with van der Waals surface area (Å²) in [5.74, 6) is 0.0708. The third-order valence-corrected chi connectivity index (χ3v) is 4.32. The average molecular weight is 347 g/mol. The van der Waals surface area contributed by atoms with E-state index in [1.807, 2.05) is 12.1 Å². The van der Waals surface area contributed by atoms with E-state index < -0.39 is 11.9 Å². The van der Waals surface area contributed by atoms with E-state index in [1.165, 1.54) is 0 Å². The Morgan fingerprint density at radius 3 is 2.60 bits per heavy atom. The summed E-state index contributed by atoms with van der Waals surface area (Å²) in [4.78, 5) is 11.5. The van der Waals surface area contributed by atoms with Gasteiger partial charge in [-0.15, -0.1) is 0 Å². The highest BCUT2D eigenvalue weighted by molar-refractivity contribution is 5.51. The first-order valence-corrected chi connectivity index (χ1v) is 7.76. The van der Waals surface area contributed by atoms with Crippen LogP contribution in [0, 0.1) is 11.3 Å². The van der Waals surface area contributed by atoms with E-state index in [1.54, 1.807) is 24.1 Å². The van der Waals surface area contributed by atoms with Crippen LogP contribution >= 0.6 is 0 Å². The first kappa shape index (κ1) is 17.0. The number of hydrogen-bond donors (Lipinski definition) is 0. The molecular weight excluding hydrogens is 331 g/mol. The molecule has 0 saturated carbocycles. The third kappa shape index (κ3) is 3.65. The maximum absolute atomic E-state index is 12.8. The largest absolute Gasteiger partial charge is 0.433 e. The van der Waals surface area contributed by atoms with Crippen molar-refractivity contribution in [3.8, 4) is 6.07 Å². The molecule has 5 nitrogen and oxygen atoms in total. The molecule has 0 aliphatic carbocycles. The van der Waals surface area contributed by atoms with Crippen LogP contribution in [-0.2, 0) is 6.18 Å².